The van der Waals surface area contributed by atoms with Crippen LogP contribution in [0.1, 0.15) is 25.3 Å². The minimum absolute atomic E-state index is 0.0652. The molecule has 1 saturated carbocycles. The number of hydrogen-bond acceptors (Lipinski definition) is 5. The summed E-state index contributed by atoms with van der Waals surface area (Å²) in [6.07, 6.45) is 0.915. The van der Waals surface area contributed by atoms with Crippen molar-refractivity contribution in [2.45, 2.75) is 43.7 Å². The van der Waals surface area contributed by atoms with Gasteiger partial charge in [-0.2, -0.15) is 4.72 Å². The Labute approximate surface area is 135 Å². The second-order valence-corrected chi connectivity index (χ2v) is 7.32. The van der Waals surface area contributed by atoms with Gasteiger partial charge in [0.15, 0.2) is 6.10 Å². The SMILES string of the molecule is Cc1ccc(S(=O)(=O)NCC(=O)O[C@@H](C)C(=O)NC2CC2)cc1. The zero-order valence-electron chi connectivity index (χ0n) is 13.0. The number of sulfonamides is 1. The molecule has 8 heteroatoms. The van der Waals surface area contributed by atoms with Gasteiger partial charge < -0.3 is 10.1 Å². The lowest BCUT2D eigenvalue weighted by atomic mass is 10.2. The molecule has 0 radical (unpaired) electrons. The van der Waals surface area contributed by atoms with Crippen molar-refractivity contribution in [2.75, 3.05) is 6.54 Å². The number of esters is 1. The molecule has 1 aromatic carbocycles. The molecule has 2 N–H and O–H groups in total. The Morgan fingerprint density at radius 1 is 1.26 bits per heavy atom. The van der Waals surface area contributed by atoms with Crippen molar-refractivity contribution >= 4 is 21.9 Å². The highest BCUT2D eigenvalue weighted by Gasteiger charge is 2.27. The van der Waals surface area contributed by atoms with E-state index in [-0.39, 0.29) is 16.8 Å². The molecule has 1 fully saturated rings. The summed E-state index contributed by atoms with van der Waals surface area (Å²) in [5, 5.41) is 2.71. The molecule has 126 valence electrons. The summed E-state index contributed by atoms with van der Waals surface area (Å²) in [6, 6.07) is 6.40. The molecule has 0 aliphatic heterocycles. The van der Waals surface area contributed by atoms with E-state index in [1.807, 2.05) is 6.92 Å². The van der Waals surface area contributed by atoms with Crippen LogP contribution in [0.25, 0.3) is 0 Å². The number of amides is 1. The maximum absolute atomic E-state index is 12.0. The van der Waals surface area contributed by atoms with Gasteiger partial charge in [0.25, 0.3) is 5.91 Å². The van der Waals surface area contributed by atoms with E-state index in [0.717, 1.165) is 18.4 Å². The van der Waals surface area contributed by atoms with Gasteiger partial charge in [0.2, 0.25) is 10.0 Å². The lowest BCUT2D eigenvalue weighted by Crippen LogP contribution is -2.39. The highest BCUT2D eigenvalue weighted by molar-refractivity contribution is 7.89. The lowest BCUT2D eigenvalue weighted by molar-refractivity contribution is -0.153. The Kier molecular flexibility index (Phi) is 5.38. The number of aryl methyl sites for hydroxylation is 1. The van der Waals surface area contributed by atoms with Gasteiger partial charge in [0, 0.05) is 6.04 Å². The van der Waals surface area contributed by atoms with Crippen LogP contribution in [0.5, 0.6) is 0 Å². The Hall–Kier alpha value is -1.93. The normalized spacial score (nSPS) is 15.7. The monoisotopic (exact) mass is 340 g/mol. The molecule has 2 rings (SSSR count). The molecular formula is C15H20N2O5S. The predicted octanol–water partition coefficient (Wildman–Crippen LogP) is 0.484. The van der Waals surface area contributed by atoms with Gasteiger partial charge in [0.05, 0.1) is 4.90 Å². The summed E-state index contributed by atoms with van der Waals surface area (Å²) < 4.78 is 31.1. The zero-order valence-corrected chi connectivity index (χ0v) is 13.9. The molecule has 23 heavy (non-hydrogen) atoms. The number of nitrogens with one attached hydrogen (secondary N) is 2. The Morgan fingerprint density at radius 3 is 2.43 bits per heavy atom. The van der Waals surface area contributed by atoms with Crippen LogP contribution in [-0.2, 0) is 24.3 Å². The Morgan fingerprint density at radius 2 is 1.87 bits per heavy atom. The van der Waals surface area contributed by atoms with Crippen LogP contribution >= 0.6 is 0 Å². The van der Waals surface area contributed by atoms with Gasteiger partial charge in [-0.1, -0.05) is 17.7 Å². The standard InChI is InChI=1S/C15H20N2O5S/c1-10-3-7-13(8-4-10)23(20,21)16-9-14(18)22-11(2)15(19)17-12-5-6-12/h3-4,7-8,11-12,16H,5-6,9H2,1-2H3,(H,17,19)/t11-/m0/s1. The number of hydrogen-bond donors (Lipinski definition) is 2. The summed E-state index contributed by atoms with van der Waals surface area (Å²) in [5.74, 6) is -1.18. The molecule has 0 aromatic heterocycles. The van der Waals surface area contributed by atoms with Crippen LogP contribution in [0.15, 0.2) is 29.2 Å². The second-order valence-electron chi connectivity index (χ2n) is 5.55. The van der Waals surface area contributed by atoms with Crippen LogP contribution in [0.2, 0.25) is 0 Å². The third-order valence-corrected chi connectivity index (χ3v) is 4.76. The first-order chi connectivity index (χ1) is 10.8. The molecule has 0 unspecified atom stereocenters. The van der Waals surface area contributed by atoms with Crippen molar-refractivity contribution in [3.05, 3.63) is 29.8 Å². The van der Waals surface area contributed by atoms with Crippen molar-refractivity contribution in [2.24, 2.45) is 0 Å². The quantitative estimate of drug-likeness (QED) is 0.703. The van der Waals surface area contributed by atoms with Crippen molar-refractivity contribution in [3.8, 4) is 0 Å². The first kappa shape index (κ1) is 17.4. The summed E-state index contributed by atoms with van der Waals surface area (Å²) in [5.41, 5.74) is 0.929. The smallest absolute Gasteiger partial charge is 0.321 e. The van der Waals surface area contributed by atoms with E-state index in [9.17, 15) is 18.0 Å². The lowest BCUT2D eigenvalue weighted by Gasteiger charge is -2.13. The predicted molar refractivity (Wildman–Crippen MR) is 83.1 cm³/mol. The van der Waals surface area contributed by atoms with Gasteiger partial charge in [0.1, 0.15) is 6.54 Å². The van der Waals surface area contributed by atoms with Gasteiger partial charge in [-0.25, -0.2) is 8.42 Å². The van der Waals surface area contributed by atoms with Crippen molar-refractivity contribution in [1.82, 2.24) is 10.0 Å². The first-order valence-corrected chi connectivity index (χ1v) is 8.82. The maximum atomic E-state index is 12.0. The zero-order chi connectivity index (χ0) is 17.0. The summed E-state index contributed by atoms with van der Waals surface area (Å²) in [7, 11) is -3.79. The third-order valence-electron chi connectivity index (χ3n) is 3.34. The van der Waals surface area contributed by atoms with Crippen LogP contribution in [0.4, 0.5) is 0 Å². The fourth-order valence-electron chi connectivity index (χ4n) is 1.79. The van der Waals surface area contributed by atoms with E-state index >= 15 is 0 Å². The molecule has 0 saturated heterocycles. The highest BCUT2D eigenvalue weighted by Crippen LogP contribution is 2.18. The van der Waals surface area contributed by atoms with E-state index in [4.69, 9.17) is 4.74 Å². The summed E-state index contributed by atoms with van der Waals surface area (Å²) in [6.45, 7) is 2.76. The van der Waals surface area contributed by atoms with Crippen molar-refractivity contribution in [3.63, 3.8) is 0 Å². The number of benzene rings is 1. The fourth-order valence-corrected chi connectivity index (χ4v) is 2.76. The van der Waals surface area contributed by atoms with Gasteiger partial charge in [-0.05, 0) is 38.8 Å². The summed E-state index contributed by atoms with van der Waals surface area (Å²) >= 11 is 0. The van der Waals surface area contributed by atoms with Crippen molar-refractivity contribution in [1.29, 1.82) is 0 Å². The number of carbonyl (C=O) groups is 2. The molecule has 1 aromatic rings. The Balaban J connectivity index is 1.82. The average Bonchev–Trinajstić information content (AvgIpc) is 3.29. The largest absolute Gasteiger partial charge is 0.452 e. The van der Waals surface area contributed by atoms with Crippen molar-refractivity contribution < 1.29 is 22.7 Å². The van der Waals surface area contributed by atoms with Crippen LogP contribution in [0.3, 0.4) is 0 Å². The van der Waals surface area contributed by atoms with Gasteiger partial charge in [-0.15, -0.1) is 0 Å². The molecular weight excluding hydrogens is 320 g/mol. The second kappa shape index (κ2) is 7.10. The molecule has 1 amide bonds. The summed E-state index contributed by atoms with van der Waals surface area (Å²) in [4.78, 5) is 23.4. The van der Waals surface area contributed by atoms with Gasteiger partial charge in [-0.3, -0.25) is 9.59 Å². The topological polar surface area (TPSA) is 102 Å². The van der Waals surface area contributed by atoms with E-state index in [2.05, 4.69) is 10.0 Å². The fraction of sp³-hybridized carbons (Fsp3) is 0.467. The van der Waals surface area contributed by atoms with E-state index in [0.29, 0.717) is 0 Å². The van der Waals surface area contributed by atoms with E-state index < -0.39 is 28.6 Å². The van der Waals surface area contributed by atoms with E-state index in [1.54, 1.807) is 12.1 Å². The van der Waals surface area contributed by atoms with Crippen LogP contribution in [0, 0.1) is 6.92 Å². The molecule has 1 aliphatic carbocycles. The molecule has 0 spiro atoms. The van der Waals surface area contributed by atoms with Crippen LogP contribution < -0.4 is 10.0 Å². The highest BCUT2D eigenvalue weighted by atomic mass is 32.2. The molecule has 7 nitrogen and oxygen atoms in total. The Bertz CT molecular complexity index is 680. The molecule has 1 atom stereocenters. The average molecular weight is 340 g/mol. The number of carbonyl (C=O) groups excluding carboxylic acids is 2. The molecule has 0 bridgehead atoms. The first-order valence-electron chi connectivity index (χ1n) is 7.34. The maximum Gasteiger partial charge on any atom is 0.321 e. The molecule has 0 heterocycles. The minimum atomic E-state index is -3.79. The van der Waals surface area contributed by atoms with Crippen LogP contribution in [-0.4, -0.2) is 39.0 Å². The number of rotatable bonds is 7. The molecule has 1 aliphatic rings. The van der Waals surface area contributed by atoms with Gasteiger partial charge >= 0.3 is 5.97 Å². The minimum Gasteiger partial charge on any atom is -0.452 e. The number of ether oxygens (including phenoxy) is 1. The third kappa shape index (κ3) is 5.33. The van der Waals surface area contributed by atoms with E-state index in [1.165, 1.54) is 19.1 Å².